The summed E-state index contributed by atoms with van der Waals surface area (Å²) in [5.74, 6) is -1.46. The molecule has 0 bridgehead atoms. The second-order valence-corrected chi connectivity index (χ2v) is 10.6. The monoisotopic (exact) mass is 517 g/mol. The molecule has 7 nitrogen and oxygen atoms in total. The van der Waals surface area contributed by atoms with Crippen molar-refractivity contribution >= 4 is 50.7 Å². The number of nitrogens with zero attached hydrogens (tertiary/aromatic N) is 2. The first-order chi connectivity index (χ1) is 15.3. The average Bonchev–Trinajstić information content (AvgIpc) is 2.71. The van der Waals surface area contributed by atoms with Crippen LogP contribution in [0.4, 0.5) is 10.1 Å². The van der Waals surface area contributed by atoms with Crippen LogP contribution >= 0.6 is 23.2 Å². The Morgan fingerprint density at radius 3 is 2.15 bits per heavy atom. The van der Waals surface area contributed by atoms with Crippen LogP contribution in [0.25, 0.3) is 0 Å². The molecule has 1 atom stereocenters. The highest BCUT2D eigenvalue weighted by Crippen LogP contribution is 2.28. The quantitative estimate of drug-likeness (QED) is 0.547. The minimum absolute atomic E-state index is 0.0230. The molecule has 2 amide bonds. The van der Waals surface area contributed by atoms with E-state index in [1.165, 1.54) is 47.4 Å². The molecule has 0 fully saturated rings. The van der Waals surface area contributed by atoms with E-state index >= 15 is 0 Å². The van der Waals surface area contributed by atoms with E-state index in [4.69, 9.17) is 23.2 Å². The zero-order valence-corrected chi connectivity index (χ0v) is 21.0. The Morgan fingerprint density at radius 2 is 1.64 bits per heavy atom. The third-order valence-electron chi connectivity index (χ3n) is 4.73. The van der Waals surface area contributed by atoms with Gasteiger partial charge in [0, 0.05) is 12.6 Å². The minimum atomic E-state index is -3.89. The van der Waals surface area contributed by atoms with Crippen molar-refractivity contribution < 1.29 is 22.4 Å². The van der Waals surface area contributed by atoms with E-state index in [9.17, 15) is 22.4 Å². The summed E-state index contributed by atoms with van der Waals surface area (Å²) < 4.78 is 39.2. The van der Waals surface area contributed by atoms with Crippen molar-refractivity contribution in [3.05, 3.63) is 63.9 Å². The standard InChI is InChI=1S/C22H26Cl2FN3O4S/c1-14(2)26-22(30)15(3)27(12-16-5-7-17(25)8-6-16)21(29)13-28(33(4,31)32)18-9-10-19(23)20(24)11-18/h5-11,14-15H,12-13H2,1-4H3,(H,26,30). The number of halogens is 3. The summed E-state index contributed by atoms with van der Waals surface area (Å²) in [6.45, 7) is 4.52. The first-order valence-corrected chi connectivity index (χ1v) is 12.7. The Hall–Kier alpha value is -2.36. The summed E-state index contributed by atoms with van der Waals surface area (Å²) in [5, 5.41) is 3.11. The predicted molar refractivity (Wildman–Crippen MR) is 128 cm³/mol. The van der Waals surface area contributed by atoms with E-state index in [1.807, 2.05) is 0 Å². The lowest BCUT2D eigenvalue weighted by Gasteiger charge is -2.32. The Kier molecular flexibility index (Phi) is 9.11. The van der Waals surface area contributed by atoms with Crippen LogP contribution in [0.15, 0.2) is 42.5 Å². The number of anilines is 1. The molecule has 0 saturated heterocycles. The fraction of sp³-hybridized carbons (Fsp3) is 0.364. The van der Waals surface area contributed by atoms with E-state index in [-0.39, 0.29) is 28.3 Å². The first kappa shape index (κ1) is 26.9. The molecule has 2 rings (SSSR count). The molecule has 0 aliphatic heterocycles. The molecule has 11 heteroatoms. The lowest BCUT2D eigenvalue weighted by molar-refractivity contribution is -0.139. The number of hydrogen-bond donors (Lipinski definition) is 1. The van der Waals surface area contributed by atoms with Gasteiger partial charge < -0.3 is 10.2 Å². The highest BCUT2D eigenvalue weighted by molar-refractivity contribution is 7.92. The van der Waals surface area contributed by atoms with E-state index < -0.39 is 40.2 Å². The molecule has 0 saturated carbocycles. The van der Waals surface area contributed by atoms with Crippen LogP contribution in [-0.2, 0) is 26.2 Å². The molecule has 180 valence electrons. The van der Waals surface area contributed by atoms with Crippen molar-refractivity contribution in [2.45, 2.75) is 39.4 Å². The van der Waals surface area contributed by atoms with Crippen molar-refractivity contribution in [3.8, 4) is 0 Å². The maximum Gasteiger partial charge on any atom is 0.244 e. The molecular formula is C22H26Cl2FN3O4S. The van der Waals surface area contributed by atoms with Gasteiger partial charge in [-0.3, -0.25) is 13.9 Å². The second kappa shape index (κ2) is 11.2. The van der Waals surface area contributed by atoms with E-state index in [0.29, 0.717) is 5.56 Å². The van der Waals surface area contributed by atoms with Gasteiger partial charge in [0.1, 0.15) is 18.4 Å². The molecule has 0 aromatic heterocycles. The van der Waals surface area contributed by atoms with Crippen molar-refractivity contribution in [1.82, 2.24) is 10.2 Å². The predicted octanol–water partition coefficient (Wildman–Crippen LogP) is 3.84. The smallest absolute Gasteiger partial charge is 0.244 e. The van der Waals surface area contributed by atoms with Crippen molar-refractivity contribution in [2.75, 3.05) is 17.1 Å². The fourth-order valence-corrected chi connectivity index (χ4v) is 4.16. The zero-order chi connectivity index (χ0) is 24.9. The fourth-order valence-electron chi connectivity index (χ4n) is 3.03. The molecule has 2 aromatic rings. The maximum absolute atomic E-state index is 13.3. The molecule has 0 radical (unpaired) electrons. The van der Waals surface area contributed by atoms with Gasteiger partial charge in [-0.2, -0.15) is 0 Å². The van der Waals surface area contributed by atoms with Gasteiger partial charge in [-0.25, -0.2) is 12.8 Å². The van der Waals surface area contributed by atoms with Crippen molar-refractivity contribution in [1.29, 1.82) is 0 Å². The van der Waals surface area contributed by atoms with Gasteiger partial charge in [0.05, 0.1) is 22.0 Å². The largest absolute Gasteiger partial charge is 0.352 e. The van der Waals surface area contributed by atoms with Crippen LogP contribution in [0.2, 0.25) is 10.0 Å². The summed E-state index contributed by atoms with van der Waals surface area (Å²) in [6, 6.07) is 8.61. The number of carbonyl (C=O) groups excluding carboxylic acids is 2. The molecule has 0 spiro atoms. The third-order valence-corrected chi connectivity index (χ3v) is 6.61. The van der Waals surface area contributed by atoms with Crippen molar-refractivity contribution in [2.24, 2.45) is 0 Å². The summed E-state index contributed by atoms with van der Waals surface area (Å²) in [5.41, 5.74) is 0.732. The lowest BCUT2D eigenvalue weighted by Crippen LogP contribution is -2.52. The highest BCUT2D eigenvalue weighted by atomic mass is 35.5. The SMILES string of the molecule is CC(C)NC(=O)C(C)N(Cc1ccc(F)cc1)C(=O)CN(c1ccc(Cl)c(Cl)c1)S(C)(=O)=O. The van der Waals surface area contributed by atoms with Gasteiger partial charge in [-0.1, -0.05) is 35.3 Å². The van der Waals surface area contributed by atoms with Gasteiger partial charge in [0.25, 0.3) is 0 Å². The van der Waals surface area contributed by atoms with E-state index in [1.54, 1.807) is 20.8 Å². The number of sulfonamides is 1. The van der Waals surface area contributed by atoms with Crippen LogP contribution in [0, 0.1) is 5.82 Å². The van der Waals surface area contributed by atoms with Gasteiger partial charge in [0.15, 0.2) is 0 Å². The topological polar surface area (TPSA) is 86.8 Å². The molecule has 0 aliphatic carbocycles. The Bertz CT molecular complexity index is 1110. The maximum atomic E-state index is 13.3. The lowest BCUT2D eigenvalue weighted by atomic mass is 10.1. The Balaban J connectivity index is 2.40. The number of carbonyl (C=O) groups is 2. The Labute approximate surface area is 203 Å². The molecule has 1 unspecified atom stereocenters. The van der Waals surface area contributed by atoms with E-state index in [2.05, 4.69) is 5.32 Å². The van der Waals surface area contributed by atoms with Gasteiger partial charge in [0.2, 0.25) is 21.8 Å². The molecule has 33 heavy (non-hydrogen) atoms. The average molecular weight is 518 g/mol. The normalized spacial score (nSPS) is 12.4. The highest BCUT2D eigenvalue weighted by Gasteiger charge is 2.30. The minimum Gasteiger partial charge on any atom is -0.352 e. The number of rotatable bonds is 9. The summed E-state index contributed by atoms with van der Waals surface area (Å²) in [6.07, 6.45) is 0.960. The number of amides is 2. The first-order valence-electron chi connectivity index (χ1n) is 10.1. The summed E-state index contributed by atoms with van der Waals surface area (Å²) >= 11 is 12.0. The van der Waals surface area contributed by atoms with Gasteiger partial charge in [-0.15, -0.1) is 0 Å². The third kappa shape index (κ3) is 7.58. The van der Waals surface area contributed by atoms with Crippen molar-refractivity contribution in [3.63, 3.8) is 0 Å². The summed E-state index contributed by atoms with van der Waals surface area (Å²) in [4.78, 5) is 27.2. The molecule has 0 aliphatic rings. The number of nitrogens with one attached hydrogen (secondary N) is 1. The van der Waals surface area contributed by atoms with Gasteiger partial charge in [-0.05, 0) is 56.7 Å². The van der Waals surface area contributed by atoms with Crippen LogP contribution in [0.3, 0.4) is 0 Å². The zero-order valence-electron chi connectivity index (χ0n) is 18.7. The summed E-state index contributed by atoms with van der Waals surface area (Å²) in [7, 11) is -3.89. The molecular weight excluding hydrogens is 492 g/mol. The van der Waals surface area contributed by atoms with Crippen LogP contribution < -0.4 is 9.62 Å². The van der Waals surface area contributed by atoms with Crippen LogP contribution in [-0.4, -0.2) is 50.0 Å². The second-order valence-electron chi connectivity index (χ2n) is 7.86. The number of benzene rings is 2. The Morgan fingerprint density at radius 1 is 1.03 bits per heavy atom. The van der Waals surface area contributed by atoms with Gasteiger partial charge >= 0.3 is 0 Å². The van der Waals surface area contributed by atoms with Crippen LogP contribution in [0.1, 0.15) is 26.3 Å². The van der Waals surface area contributed by atoms with Crippen LogP contribution in [0.5, 0.6) is 0 Å². The molecule has 2 aromatic carbocycles. The number of hydrogen-bond acceptors (Lipinski definition) is 4. The van der Waals surface area contributed by atoms with E-state index in [0.717, 1.165) is 10.6 Å². The molecule has 1 N–H and O–H groups in total. The molecule has 0 heterocycles.